The molecule has 2 aromatic carbocycles. The van der Waals surface area contributed by atoms with Gasteiger partial charge >= 0.3 is 5.97 Å². The van der Waals surface area contributed by atoms with E-state index in [0.717, 1.165) is 10.6 Å². The first-order valence-electron chi connectivity index (χ1n) is 9.35. The second kappa shape index (κ2) is 8.68. The molecular weight excluding hydrogens is 422 g/mol. The van der Waals surface area contributed by atoms with Crippen LogP contribution < -0.4 is 19.7 Å². The lowest BCUT2D eigenvalue weighted by Crippen LogP contribution is -2.31. The van der Waals surface area contributed by atoms with Crippen molar-refractivity contribution in [3.63, 3.8) is 0 Å². The predicted octanol–water partition coefficient (Wildman–Crippen LogP) is 2.66. The Morgan fingerprint density at radius 3 is 2.61 bits per heavy atom. The third kappa shape index (κ3) is 4.19. The quantitative estimate of drug-likeness (QED) is 0.334. The monoisotopic (exact) mass is 441 g/mol. The zero-order valence-electron chi connectivity index (χ0n) is 16.8. The molecule has 2 heterocycles. The van der Waals surface area contributed by atoms with Crippen molar-refractivity contribution in [3.05, 3.63) is 48.0 Å². The van der Waals surface area contributed by atoms with Crippen LogP contribution in [0.5, 0.6) is 11.5 Å². The molecule has 2 aliphatic heterocycles. The van der Waals surface area contributed by atoms with Gasteiger partial charge in [0.25, 0.3) is 0 Å². The number of hydrogen-bond acceptors (Lipinski definition) is 8. The van der Waals surface area contributed by atoms with Crippen LogP contribution in [0.2, 0.25) is 0 Å². The van der Waals surface area contributed by atoms with Gasteiger partial charge in [-0.1, -0.05) is 11.8 Å². The Labute approximate surface area is 182 Å². The summed E-state index contributed by atoms with van der Waals surface area (Å²) >= 11 is 1.18. The number of amidine groups is 1. The number of nitrogens with one attached hydrogen (secondary N) is 1. The SMILES string of the molecule is CN=C(Nc1ccc2c(c1)OCO2)SC1CC(=O)N(c2ccc(C(=O)OC)cc2)C1=O. The van der Waals surface area contributed by atoms with Crippen LogP contribution >= 0.6 is 11.8 Å². The molecule has 0 spiro atoms. The highest BCUT2D eigenvalue weighted by molar-refractivity contribution is 8.15. The van der Waals surface area contributed by atoms with Crippen molar-refractivity contribution in [3.8, 4) is 11.5 Å². The number of amides is 2. The van der Waals surface area contributed by atoms with E-state index in [9.17, 15) is 14.4 Å². The maximum absolute atomic E-state index is 12.9. The number of fused-ring (bicyclic) bond motifs is 1. The summed E-state index contributed by atoms with van der Waals surface area (Å²) in [5.74, 6) is 0.150. The van der Waals surface area contributed by atoms with Gasteiger partial charge in [-0.3, -0.25) is 14.6 Å². The van der Waals surface area contributed by atoms with E-state index in [0.29, 0.717) is 27.9 Å². The first-order chi connectivity index (χ1) is 15.0. The predicted molar refractivity (Wildman–Crippen MR) is 116 cm³/mol. The number of anilines is 2. The van der Waals surface area contributed by atoms with E-state index >= 15 is 0 Å². The van der Waals surface area contributed by atoms with E-state index in [2.05, 4.69) is 15.0 Å². The van der Waals surface area contributed by atoms with Crippen LogP contribution in [0.1, 0.15) is 16.8 Å². The Balaban J connectivity index is 1.44. The van der Waals surface area contributed by atoms with Gasteiger partial charge in [-0.25, -0.2) is 9.69 Å². The van der Waals surface area contributed by atoms with Crippen molar-refractivity contribution in [2.75, 3.05) is 31.2 Å². The van der Waals surface area contributed by atoms with Crippen molar-refractivity contribution in [2.24, 2.45) is 4.99 Å². The molecule has 0 bridgehead atoms. The number of imide groups is 1. The van der Waals surface area contributed by atoms with Crippen LogP contribution in [0, 0.1) is 0 Å². The molecule has 0 saturated carbocycles. The lowest BCUT2D eigenvalue weighted by molar-refractivity contribution is -0.121. The van der Waals surface area contributed by atoms with Gasteiger partial charge in [-0.2, -0.15) is 0 Å². The zero-order valence-corrected chi connectivity index (χ0v) is 17.6. The first-order valence-corrected chi connectivity index (χ1v) is 10.2. The van der Waals surface area contributed by atoms with Crippen molar-refractivity contribution >= 4 is 46.1 Å². The molecule has 9 nitrogen and oxygen atoms in total. The molecule has 1 saturated heterocycles. The molecular formula is C21H19N3O6S. The molecule has 31 heavy (non-hydrogen) atoms. The van der Waals surface area contributed by atoms with Crippen LogP contribution in [-0.4, -0.2) is 49.2 Å². The average Bonchev–Trinajstić information content (AvgIpc) is 3.36. The largest absolute Gasteiger partial charge is 0.465 e. The highest BCUT2D eigenvalue weighted by Gasteiger charge is 2.40. The summed E-state index contributed by atoms with van der Waals surface area (Å²) < 4.78 is 15.3. The molecule has 0 aliphatic carbocycles. The molecule has 1 atom stereocenters. The molecule has 2 amide bonds. The highest BCUT2D eigenvalue weighted by Crippen LogP contribution is 2.35. The summed E-state index contributed by atoms with van der Waals surface area (Å²) in [5.41, 5.74) is 1.47. The number of carbonyl (C=O) groups is 3. The maximum Gasteiger partial charge on any atom is 0.337 e. The average molecular weight is 441 g/mol. The number of aliphatic imine (C=N–C) groups is 1. The third-order valence-corrected chi connectivity index (χ3v) is 5.89. The van der Waals surface area contributed by atoms with Gasteiger partial charge in [0.1, 0.15) is 5.25 Å². The van der Waals surface area contributed by atoms with Gasteiger partial charge in [0.2, 0.25) is 18.6 Å². The molecule has 2 aromatic rings. The molecule has 160 valence electrons. The van der Waals surface area contributed by atoms with Crippen LogP contribution in [0.15, 0.2) is 47.5 Å². The van der Waals surface area contributed by atoms with Crippen molar-refractivity contribution in [1.29, 1.82) is 0 Å². The van der Waals surface area contributed by atoms with Crippen LogP contribution in [0.25, 0.3) is 0 Å². The Morgan fingerprint density at radius 1 is 1.16 bits per heavy atom. The smallest absolute Gasteiger partial charge is 0.337 e. The number of esters is 1. The second-order valence-electron chi connectivity index (χ2n) is 6.64. The van der Waals surface area contributed by atoms with Gasteiger partial charge in [0.05, 0.1) is 18.4 Å². The molecule has 4 rings (SSSR count). The number of benzene rings is 2. The number of rotatable bonds is 4. The van der Waals surface area contributed by atoms with E-state index in [1.54, 1.807) is 31.3 Å². The minimum atomic E-state index is -0.618. The third-order valence-electron chi connectivity index (χ3n) is 4.73. The summed E-state index contributed by atoms with van der Waals surface area (Å²) in [6.07, 6.45) is 0.0457. The number of hydrogen-bond donors (Lipinski definition) is 1. The maximum atomic E-state index is 12.9. The van der Waals surface area contributed by atoms with Gasteiger partial charge in [0, 0.05) is 25.2 Å². The fourth-order valence-electron chi connectivity index (χ4n) is 3.20. The fraction of sp³-hybridized carbons (Fsp3) is 0.238. The zero-order chi connectivity index (χ0) is 22.0. The summed E-state index contributed by atoms with van der Waals surface area (Å²) in [6, 6.07) is 11.5. The standard InChI is InChI=1S/C21H19N3O6S/c1-22-21(23-13-5-8-15-16(9-13)30-11-29-15)31-17-10-18(25)24(19(17)26)14-6-3-12(4-7-14)20(27)28-2/h3-9,17H,10-11H2,1-2H3,(H,22,23). The summed E-state index contributed by atoms with van der Waals surface area (Å²) in [6.45, 7) is 0.178. The van der Waals surface area contributed by atoms with Gasteiger partial charge < -0.3 is 19.5 Å². The Hall–Kier alpha value is -3.53. The number of ether oxygens (including phenoxy) is 3. The van der Waals surface area contributed by atoms with Crippen molar-refractivity contribution < 1.29 is 28.6 Å². The van der Waals surface area contributed by atoms with E-state index in [1.165, 1.54) is 31.0 Å². The fourth-order valence-corrected chi connectivity index (χ4v) is 4.19. The van der Waals surface area contributed by atoms with Gasteiger partial charge in [-0.05, 0) is 36.4 Å². The minimum absolute atomic E-state index is 0.0457. The molecule has 0 aromatic heterocycles. The van der Waals surface area contributed by atoms with E-state index in [1.807, 2.05) is 6.07 Å². The topological polar surface area (TPSA) is 107 Å². The van der Waals surface area contributed by atoms with Gasteiger partial charge in [0.15, 0.2) is 16.7 Å². The molecule has 1 N–H and O–H groups in total. The summed E-state index contributed by atoms with van der Waals surface area (Å²) in [5, 5.41) is 3.02. The van der Waals surface area contributed by atoms with Gasteiger partial charge in [-0.15, -0.1) is 0 Å². The number of thioether (sulfide) groups is 1. The minimum Gasteiger partial charge on any atom is -0.465 e. The first kappa shape index (κ1) is 20.7. The van der Waals surface area contributed by atoms with E-state index in [4.69, 9.17) is 9.47 Å². The normalized spacial score (nSPS) is 17.8. The molecule has 0 radical (unpaired) electrons. The van der Waals surface area contributed by atoms with E-state index in [-0.39, 0.29) is 25.0 Å². The Morgan fingerprint density at radius 2 is 1.90 bits per heavy atom. The Bertz CT molecular complexity index is 1070. The lowest BCUT2D eigenvalue weighted by atomic mass is 10.2. The second-order valence-corrected chi connectivity index (χ2v) is 7.83. The summed E-state index contributed by atoms with van der Waals surface area (Å²) in [4.78, 5) is 42.4. The van der Waals surface area contributed by atoms with Crippen molar-refractivity contribution in [1.82, 2.24) is 0 Å². The molecule has 1 fully saturated rings. The number of carbonyl (C=O) groups excluding carboxylic acids is 3. The molecule has 10 heteroatoms. The highest BCUT2D eigenvalue weighted by atomic mass is 32.2. The van der Waals surface area contributed by atoms with Crippen molar-refractivity contribution in [2.45, 2.75) is 11.7 Å². The number of nitrogens with zero attached hydrogens (tertiary/aromatic N) is 2. The number of methoxy groups -OCH3 is 1. The molecule has 1 unspecified atom stereocenters. The Kier molecular flexibility index (Phi) is 5.81. The summed E-state index contributed by atoms with van der Waals surface area (Å²) in [7, 11) is 2.89. The molecule has 2 aliphatic rings. The van der Waals surface area contributed by atoms with Crippen LogP contribution in [-0.2, 0) is 14.3 Å². The van der Waals surface area contributed by atoms with Crippen LogP contribution in [0.4, 0.5) is 11.4 Å². The van der Waals surface area contributed by atoms with E-state index < -0.39 is 11.2 Å². The van der Waals surface area contributed by atoms with Crippen LogP contribution in [0.3, 0.4) is 0 Å². The lowest BCUT2D eigenvalue weighted by Gasteiger charge is -2.16.